The van der Waals surface area contributed by atoms with Gasteiger partial charge in [-0.25, -0.2) is 0 Å². The highest BCUT2D eigenvalue weighted by Gasteiger charge is 2.25. The van der Waals surface area contributed by atoms with E-state index in [1.807, 2.05) is 13.0 Å². The van der Waals surface area contributed by atoms with Gasteiger partial charge in [-0.05, 0) is 18.9 Å². The van der Waals surface area contributed by atoms with Crippen LogP contribution in [-0.4, -0.2) is 59.8 Å². The number of hydrogen-bond acceptors (Lipinski definition) is 3. The lowest BCUT2D eigenvalue weighted by Crippen LogP contribution is -2.54. The molecule has 116 valence electrons. The highest BCUT2D eigenvalue weighted by Crippen LogP contribution is 2.13. The molecule has 1 N–H and O–H groups in total. The van der Waals surface area contributed by atoms with Gasteiger partial charge in [0.05, 0.1) is 6.10 Å². The summed E-state index contributed by atoms with van der Waals surface area (Å²) in [6.45, 7) is 9.16. The first kappa shape index (κ1) is 16.2. The summed E-state index contributed by atoms with van der Waals surface area (Å²) in [7, 11) is 0. The molecule has 1 aliphatic heterocycles. The molecular weight excluding hydrogens is 260 g/mol. The highest BCUT2D eigenvalue weighted by atomic mass is 16.3. The number of nitrogens with zero attached hydrogens (tertiary/aromatic N) is 2. The molecule has 21 heavy (non-hydrogen) atoms. The predicted octanol–water partition coefficient (Wildman–Crippen LogP) is 2.48. The van der Waals surface area contributed by atoms with Crippen LogP contribution in [0.5, 0.6) is 0 Å². The topological polar surface area (TPSA) is 26.7 Å². The minimum absolute atomic E-state index is 0.233. The van der Waals surface area contributed by atoms with Crippen molar-refractivity contribution in [1.82, 2.24) is 9.80 Å². The van der Waals surface area contributed by atoms with E-state index >= 15 is 0 Å². The van der Waals surface area contributed by atoms with E-state index in [4.69, 9.17) is 0 Å². The number of benzene rings is 1. The lowest BCUT2D eigenvalue weighted by atomic mass is 10.1. The molecule has 3 nitrogen and oxygen atoms in total. The van der Waals surface area contributed by atoms with Gasteiger partial charge in [0.25, 0.3) is 0 Å². The molecule has 0 amide bonds. The largest absolute Gasteiger partial charge is 0.392 e. The van der Waals surface area contributed by atoms with Crippen LogP contribution in [0.25, 0.3) is 6.08 Å². The van der Waals surface area contributed by atoms with Gasteiger partial charge in [-0.2, -0.15) is 0 Å². The fourth-order valence-electron chi connectivity index (χ4n) is 2.99. The second kappa shape index (κ2) is 8.32. The second-order valence-electron chi connectivity index (χ2n) is 5.98. The Kier molecular flexibility index (Phi) is 6.43. The first-order valence-electron chi connectivity index (χ1n) is 8.05. The van der Waals surface area contributed by atoms with Crippen molar-refractivity contribution >= 4 is 6.08 Å². The monoisotopic (exact) mass is 288 g/mol. The fourth-order valence-corrected chi connectivity index (χ4v) is 2.99. The van der Waals surface area contributed by atoms with Crippen molar-refractivity contribution in [2.75, 3.05) is 32.7 Å². The van der Waals surface area contributed by atoms with Gasteiger partial charge in [0.15, 0.2) is 0 Å². The van der Waals surface area contributed by atoms with Crippen molar-refractivity contribution in [3.05, 3.63) is 42.0 Å². The molecule has 1 aliphatic rings. The summed E-state index contributed by atoms with van der Waals surface area (Å²) in [5.74, 6) is 0. The van der Waals surface area contributed by atoms with Gasteiger partial charge in [-0.1, -0.05) is 49.4 Å². The van der Waals surface area contributed by atoms with Gasteiger partial charge < -0.3 is 5.11 Å². The molecule has 1 aromatic rings. The van der Waals surface area contributed by atoms with Gasteiger partial charge in [0.1, 0.15) is 0 Å². The van der Waals surface area contributed by atoms with Crippen molar-refractivity contribution in [2.24, 2.45) is 0 Å². The third-order valence-corrected chi connectivity index (χ3v) is 4.13. The maximum absolute atomic E-state index is 9.58. The molecule has 0 unspecified atom stereocenters. The Hall–Kier alpha value is -1.16. The van der Waals surface area contributed by atoms with Crippen molar-refractivity contribution < 1.29 is 5.11 Å². The van der Waals surface area contributed by atoms with E-state index in [0.29, 0.717) is 6.04 Å². The van der Waals surface area contributed by atoms with Crippen LogP contribution in [0, 0.1) is 0 Å². The van der Waals surface area contributed by atoms with E-state index in [1.54, 1.807) is 0 Å². The Bertz CT molecular complexity index is 430. The quantitative estimate of drug-likeness (QED) is 0.871. The van der Waals surface area contributed by atoms with Crippen LogP contribution < -0.4 is 0 Å². The second-order valence-corrected chi connectivity index (χ2v) is 5.98. The SMILES string of the molecule is CC[C@@H]1CN(C/C=C\c2ccccc2)CCN1C[C@@H](C)O. The summed E-state index contributed by atoms with van der Waals surface area (Å²) in [4.78, 5) is 4.94. The summed E-state index contributed by atoms with van der Waals surface area (Å²) in [5.41, 5.74) is 1.26. The minimum atomic E-state index is -0.233. The lowest BCUT2D eigenvalue weighted by molar-refractivity contribution is 0.0409. The van der Waals surface area contributed by atoms with Crippen molar-refractivity contribution in [2.45, 2.75) is 32.4 Å². The summed E-state index contributed by atoms with van der Waals surface area (Å²) in [5, 5.41) is 9.58. The number of rotatable bonds is 6. The fraction of sp³-hybridized carbons (Fsp3) is 0.556. The van der Waals surface area contributed by atoms with Gasteiger partial charge in [-0.15, -0.1) is 0 Å². The standard InChI is InChI=1S/C18H28N2O/c1-3-18-15-19(12-13-20(18)14-16(2)21)11-7-10-17-8-5-4-6-9-17/h4-10,16,18,21H,3,11-15H2,1-2H3/b10-7-/t16-,18-/m1/s1. The number of aliphatic hydroxyl groups is 1. The average Bonchev–Trinajstić information content (AvgIpc) is 2.49. The molecule has 2 rings (SSSR count). The van der Waals surface area contributed by atoms with Gasteiger partial charge in [0, 0.05) is 38.8 Å². The zero-order chi connectivity index (χ0) is 15.1. The zero-order valence-corrected chi connectivity index (χ0v) is 13.3. The normalized spacial score (nSPS) is 22.7. The Morgan fingerprint density at radius 3 is 2.71 bits per heavy atom. The Morgan fingerprint density at radius 1 is 1.29 bits per heavy atom. The van der Waals surface area contributed by atoms with Crippen LogP contribution in [0.3, 0.4) is 0 Å². The molecule has 1 heterocycles. The smallest absolute Gasteiger partial charge is 0.0639 e. The molecular formula is C18H28N2O. The van der Waals surface area contributed by atoms with Gasteiger partial charge in [-0.3, -0.25) is 9.80 Å². The van der Waals surface area contributed by atoms with Crippen LogP contribution in [0.15, 0.2) is 36.4 Å². The molecule has 1 fully saturated rings. The molecule has 2 atom stereocenters. The molecule has 0 bridgehead atoms. The molecule has 1 aromatic carbocycles. The third kappa shape index (κ3) is 5.27. The first-order valence-corrected chi connectivity index (χ1v) is 8.05. The van der Waals surface area contributed by atoms with E-state index < -0.39 is 0 Å². The molecule has 0 aliphatic carbocycles. The Balaban J connectivity index is 1.82. The number of aliphatic hydroxyl groups excluding tert-OH is 1. The zero-order valence-electron chi connectivity index (χ0n) is 13.3. The average molecular weight is 288 g/mol. The first-order chi connectivity index (χ1) is 10.2. The van der Waals surface area contributed by atoms with Gasteiger partial charge in [0.2, 0.25) is 0 Å². The summed E-state index contributed by atoms with van der Waals surface area (Å²) < 4.78 is 0. The van der Waals surface area contributed by atoms with Crippen LogP contribution in [0.4, 0.5) is 0 Å². The Morgan fingerprint density at radius 2 is 2.05 bits per heavy atom. The van der Waals surface area contributed by atoms with E-state index in [9.17, 15) is 5.11 Å². The number of hydrogen-bond donors (Lipinski definition) is 1. The third-order valence-electron chi connectivity index (χ3n) is 4.13. The number of piperazine rings is 1. The van der Waals surface area contributed by atoms with Crippen LogP contribution in [0.1, 0.15) is 25.8 Å². The molecule has 0 spiro atoms. The Labute approximate surface area is 128 Å². The summed E-state index contributed by atoms with van der Waals surface area (Å²) in [6.07, 6.45) is 5.37. The molecule has 1 saturated heterocycles. The highest BCUT2D eigenvalue weighted by molar-refractivity contribution is 5.48. The predicted molar refractivity (Wildman–Crippen MR) is 89.2 cm³/mol. The van der Waals surface area contributed by atoms with Gasteiger partial charge >= 0.3 is 0 Å². The van der Waals surface area contributed by atoms with Crippen molar-refractivity contribution in [3.63, 3.8) is 0 Å². The lowest BCUT2D eigenvalue weighted by Gasteiger charge is -2.41. The van der Waals surface area contributed by atoms with Crippen LogP contribution in [0.2, 0.25) is 0 Å². The van der Waals surface area contributed by atoms with Crippen molar-refractivity contribution in [1.29, 1.82) is 0 Å². The summed E-state index contributed by atoms with van der Waals surface area (Å²) >= 11 is 0. The van der Waals surface area contributed by atoms with E-state index in [-0.39, 0.29) is 6.10 Å². The maximum Gasteiger partial charge on any atom is 0.0639 e. The minimum Gasteiger partial charge on any atom is -0.392 e. The molecule has 0 radical (unpaired) electrons. The summed E-state index contributed by atoms with van der Waals surface area (Å²) in [6, 6.07) is 11.0. The molecule has 0 aromatic heterocycles. The number of β-amino-alcohol motifs (C(OH)–C–C–N with tert-alkyl or cyclic N) is 1. The molecule has 3 heteroatoms. The maximum atomic E-state index is 9.58. The van der Waals surface area contributed by atoms with E-state index in [1.165, 1.54) is 5.56 Å². The van der Waals surface area contributed by atoms with Crippen LogP contribution >= 0.6 is 0 Å². The molecule has 0 saturated carbocycles. The van der Waals surface area contributed by atoms with Crippen LogP contribution in [-0.2, 0) is 0 Å². The van der Waals surface area contributed by atoms with E-state index in [2.05, 4.69) is 53.1 Å². The van der Waals surface area contributed by atoms with E-state index in [0.717, 1.165) is 39.1 Å². The van der Waals surface area contributed by atoms with Crippen molar-refractivity contribution in [3.8, 4) is 0 Å².